The van der Waals surface area contributed by atoms with Gasteiger partial charge < -0.3 is 14.9 Å². The molecule has 3 heterocycles. The Morgan fingerprint density at radius 1 is 1.25 bits per heavy atom. The molecule has 0 aliphatic carbocycles. The molecule has 0 radical (unpaired) electrons. The molecule has 4 rings (SSSR count). The number of piperidine rings is 1. The molecule has 2 fully saturated rings. The van der Waals surface area contributed by atoms with Gasteiger partial charge in [-0.15, -0.1) is 0 Å². The van der Waals surface area contributed by atoms with E-state index in [1.165, 1.54) is 24.4 Å². The maximum atomic E-state index is 13.4. The molecule has 170 valence electrons. The molecule has 0 bridgehead atoms. The second-order valence-electron chi connectivity index (χ2n) is 7.94. The van der Waals surface area contributed by atoms with E-state index in [-0.39, 0.29) is 39.7 Å². The van der Waals surface area contributed by atoms with E-state index in [1.54, 1.807) is 15.9 Å². The number of hydrogen-bond donors (Lipinski definition) is 1. The molecule has 1 spiro atoms. The Hall–Kier alpha value is -2.71. The molecule has 2 aliphatic heterocycles. The van der Waals surface area contributed by atoms with Crippen LogP contribution in [0.1, 0.15) is 35.2 Å². The van der Waals surface area contributed by atoms with Crippen molar-refractivity contribution in [3.8, 4) is 0 Å². The molecule has 0 saturated carbocycles. The minimum Gasteiger partial charge on any atom is -0.483 e. The van der Waals surface area contributed by atoms with Crippen molar-refractivity contribution in [3.05, 3.63) is 63.6 Å². The molecule has 1 aromatic heterocycles. The van der Waals surface area contributed by atoms with Crippen LogP contribution >= 0.6 is 23.2 Å². The van der Waals surface area contributed by atoms with Crippen LogP contribution in [-0.2, 0) is 16.1 Å². The number of hydrogen-bond acceptors (Lipinski definition) is 4. The summed E-state index contributed by atoms with van der Waals surface area (Å²) in [7, 11) is 0. The highest BCUT2D eigenvalue weighted by Crippen LogP contribution is 2.42. The summed E-state index contributed by atoms with van der Waals surface area (Å²) >= 11 is 11.9. The van der Waals surface area contributed by atoms with Gasteiger partial charge in [0.25, 0.3) is 12.4 Å². The Morgan fingerprint density at radius 3 is 2.56 bits per heavy atom. The summed E-state index contributed by atoms with van der Waals surface area (Å²) in [6, 6.07) is 7.80. The van der Waals surface area contributed by atoms with Crippen LogP contribution in [0.4, 0.5) is 4.39 Å². The molecule has 7 nitrogen and oxygen atoms in total. The third-order valence-corrected chi connectivity index (χ3v) is 6.35. The first kappa shape index (κ1) is 23.9. The summed E-state index contributed by atoms with van der Waals surface area (Å²) in [6.45, 7) is 1.90. The second-order valence-corrected chi connectivity index (χ2v) is 8.74. The van der Waals surface area contributed by atoms with Crippen LogP contribution < -0.4 is 0 Å². The van der Waals surface area contributed by atoms with E-state index >= 15 is 0 Å². The lowest BCUT2D eigenvalue weighted by molar-refractivity contribution is -0.128. The average Bonchev–Trinajstić information content (AvgIpc) is 3.03. The van der Waals surface area contributed by atoms with Gasteiger partial charge in [0.2, 0.25) is 5.91 Å². The smallest absolute Gasteiger partial charge is 0.290 e. The third kappa shape index (κ3) is 5.55. The van der Waals surface area contributed by atoms with Crippen molar-refractivity contribution in [1.82, 2.24) is 14.8 Å². The molecule has 32 heavy (non-hydrogen) atoms. The van der Waals surface area contributed by atoms with Crippen LogP contribution in [0.5, 0.6) is 0 Å². The monoisotopic (exact) mass is 481 g/mol. The fourth-order valence-electron chi connectivity index (χ4n) is 4.24. The van der Waals surface area contributed by atoms with Gasteiger partial charge in [0.1, 0.15) is 11.0 Å². The highest BCUT2D eigenvalue weighted by molar-refractivity contribution is 6.36. The van der Waals surface area contributed by atoms with Gasteiger partial charge in [-0.1, -0.05) is 35.3 Å². The van der Waals surface area contributed by atoms with Gasteiger partial charge in [0.05, 0.1) is 10.6 Å². The Morgan fingerprint density at radius 2 is 1.94 bits per heavy atom. The Balaban J connectivity index is 0.000000913. The number of halogens is 3. The minimum atomic E-state index is -0.300. The van der Waals surface area contributed by atoms with Crippen molar-refractivity contribution < 1.29 is 23.9 Å². The van der Waals surface area contributed by atoms with E-state index in [4.69, 9.17) is 33.1 Å². The topological polar surface area (TPSA) is 90.8 Å². The number of carbonyl (C=O) groups is 3. The zero-order chi connectivity index (χ0) is 23.3. The van der Waals surface area contributed by atoms with Crippen LogP contribution in [0.3, 0.4) is 0 Å². The zero-order valence-corrected chi connectivity index (χ0v) is 18.7. The van der Waals surface area contributed by atoms with Gasteiger partial charge in [0, 0.05) is 44.2 Å². The molecule has 2 aromatic rings. The van der Waals surface area contributed by atoms with Crippen molar-refractivity contribution >= 4 is 41.5 Å². The molecule has 10 heteroatoms. The van der Waals surface area contributed by atoms with Gasteiger partial charge in [-0.25, -0.2) is 9.37 Å². The molecular weight excluding hydrogens is 460 g/mol. The summed E-state index contributed by atoms with van der Waals surface area (Å²) in [6.07, 6.45) is 3.34. The number of amides is 2. The minimum absolute atomic E-state index is 0.0824. The summed E-state index contributed by atoms with van der Waals surface area (Å²) in [5, 5.41) is 7.42. The Kier molecular flexibility index (Phi) is 7.69. The maximum absolute atomic E-state index is 13.4. The first-order valence-corrected chi connectivity index (χ1v) is 10.7. The lowest BCUT2D eigenvalue weighted by atomic mass is 9.77. The highest BCUT2D eigenvalue weighted by atomic mass is 35.5. The molecule has 1 N–H and O–H groups in total. The predicted octanol–water partition coefficient (Wildman–Crippen LogP) is 3.88. The number of rotatable bonds is 3. The number of carboxylic acid groups (broad SMARTS) is 1. The highest BCUT2D eigenvalue weighted by Gasteiger charge is 2.45. The number of nitrogens with zero attached hydrogens (tertiary/aromatic N) is 3. The molecule has 2 saturated heterocycles. The van der Waals surface area contributed by atoms with E-state index in [2.05, 4.69) is 4.98 Å². The first-order valence-electron chi connectivity index (χ1n) is 9.97. The van der Waals surface area contributed by atoms with Gasteiger partial charge in [0.15, 0.2) is 0 Å². The second kappa shape index (κ2) is 10.3. The van der Waals surface area contributed by atoms with Crippen molar-refractivity contribution in [2.75, 3.05) is 19.6 Å². The quantitative estimate of drug-likeness (QED) is 0.530. The largest absolute Gasteiger partial charge is 0.483 e. The van der Waals surface area contributed by atoms with E-state index < -0.39 is 0 Å². The van der Waals surface area contributed by atoms with Gasteiger partial charge in [-0.2, -0.15) is 0 Å². The SMILES string of the molecule is O=C1CC2(CCN(C(=O)c3cnc(Cl)cc3Cl)CC2)CN1Cc1cccc(F)c1.O=CO. The van der Waals surface area contributed by atoms with Crippen molar-refractivity contribution in [3.63, 3.8) is 0 Å². The molecule has 0 atom stereocenters. The summed E-state index contributed by atoms with van der Waals surface area (Å²) < 4.78 is 13.4. The fourth-order valence-corrected chi connectivity index (χ4v) is 4.68. The van der Waals surface area contributed by atoms with Crippen molar-refractivity contribution in [2.24, 2.45) is 5.41 Å². The van der Waals surface area contributed by atoms with Gasteiger partial charge in [-0.3, -0.25) is 14.4 Å². The zero-order valence-electron chi connectivity index (χ0n) is 17.1. The number of carbonyl (C=O) groups excluding carboxylic acids is 2. The molecule has 0 unspecified atom stereocenters. The Labute approximate surface area is 194 Å². The van der Waals surface area contributed by atoms with Gasteiger partial charge in [-0.05, 0) is 36.6 Å². The van der Waals surface area contributed by atoms with Crippen LogP contribution in [0, 0.1) is 11.2 Å². The molecule has 2 aliphatic rings. The Bertz CT molecular complexity index is 1010. The fraction of sp³-hybridized carbons (Fsp3) is 0.364. The van der Waals surface area contributed by atoms with Gasteiger partial charge >= 0.3 is 0 Å². The number of pyridine rings is 1. The summed E-state index contributed by atoms with van der Waals surface area (Å²) in [4.78, 5) is 41.2. The number of benzene rings is 1. The third-order valence-electron chi connectivity index (χ3n) is 5.83. The standard InChI is InChI=1S/C21H20Cl2FN3O2.CH2O2/c22-17-9-18(23)25-11-16(17)20(29)26-6-4-21(5-7-26)10-19(28)27(13-21)12-14-2-1-3-15(24)8-14;2-1-3/h1-3,8-9,11H,4-7,10,12-13H2;1H,(H,2,3). The molecule has 1 aromatic carbocycles. The predicted molar refractivity (Wildman–Crippen MR) is 117 cm³/mol. The normalized spacial score (nSPS) is 17.2. The van der Waals surface area contributed by atoms with Crippen molar-refractivity contribution in [1.29, 1.82) is 0 Å². The van der Waals surface area contributed by atoms with E-state index in [0.717, 1.165) is 18.4 Å². The van der Waals surface area contributed by atoms with E-state index in [9.17, 15) is 14.0 Å². The van der Waals surface area contributed by atoms with E-state index in [0.29, 0.717) is 38.2 Å². The lowest BCUT2D eigenvalue weighted by Gasteiger charge is -2.39. The maximum Gasteiger partial charge on any atom is 0.290 e. The summed E-state index contributed by atoms with van der Waals surface area (Å²) in [5.74, 6) is -0.389. The van der Waals surface area contributed by atoms with Crippen LogP contribution in [0.15, 0.2) is 36.5 Å². The van der Waals surface area contributed by atoms with Crippen LogP contribution in [0.2, 0.25) is 10.2 Å². The molecular formula is C22H22Cl2FN3O4. The first-order chi connectivity index (χ1) is 15.3. The number of aromatic nitrogens is 1. The average molecular weight is 482 g/mol. The van der Waals surface area contributed by atoms with Crippen LogP contribution in [0.25, 0.3) is 0 Å². The number of likely N-dealkylation sites (tertiary alicyclic amines) is 2. The molecule has 2 amide bonds. The van der Waals surface area contributed by atoms with E-state index in [1.807, 2.05) is 6.07 Å². The lowest BCUT2D eigenvalue weighted by Crippen LogP contribution is -2.44. The summed E-state index contributed by atoms with van der Waals surface area (Å²) in [5.41, 5.74) is 0.985. The van der Waals surface area contributed by atoms with Crippen molar-refractivity contribution in [2.45, 2.75) is 25.8 Å². The van der Waals surface area contributed by atoms with Crippen LogP contribution in [-0.4, -0.2) is 57.8 Å².